The van der Waals surface area contributed by atoms with E-state index in [-0.39, 0.29) is 18.2 Å². The van der Waals surface area contributed by atoms with Crippen LogP contribution in [0.4, 0.5) is 5.82 Å². The van der Waals surface area contributed by atoms with Crippen LogP contribution in [0.25, 0.3) is 0 Å². The van der Waals surface area contributed by atoms with Gasteiger partial charge in [-0.1, -0.05) is 6.92 Å². The fourth-order valence-corrected chi connectivity index (χ4v) is 2.18. The predicted octanol–water partition coefficient (Wildman–Crippen LogP) is 1.02. The molecular weight excluding hydrogens is 278 g/mol. The van der Waals surface area contributed by atoms with Crippen LogP contribution in [-0.2, 0) is 9.84 Å². The minimum Gasteiger partial charge on any atom is -0.369 e. The van der Waals surface area contributed by atoms with Gasteiger partial charge in [0.25, 0.3) is 5.91 Å². The average molecular weight is 299 g/mol. The van der Waals surface area contributed by atoms with Crippen LogP contribution in [-0.4, -0.2) is 56.4 Å². The Morgan fingerprint density at radius 1 is 1.45 bits per heavy atom. The molecule has 0 aliphatic carbocycles. The van der Waals surface area contributed by atoms with E-state index >= 15 is 0 Å². The van der Waals surface area contributed by atoms with E-state index in [0.717, 1.165) is 19.2 Å². The van der Waals surface area contributed by atoms with Crippen molar-refractivity contribution in [3.8, 4) is 0 Å². The Morgan fingerprint density at radius 2 is 2.15 bits per heavy atom. The number of anilines is 1. The van der Waals surface area contributed by atoms with Gasteiger partial charge in [-0.25, -0.2) is 13.4 Å². The van der Waals surface area contributed by atoms with Gasteiger partial charge >= 0.3 is 0 Å². The quantitative estimate of drug-likeness (QED) is 0.813. The summed E-state index contributed by atoms with van der Waals surface area (Å²) in [6.07, 6.45) is 3.70. The van der Waals surface area contributed by atoms with E-state index in [2.05, 4.69) is 10.3 Å². The van der Waals surface area contributed by atoms with Crippen molar-refractivity contribution in [3.63, 3.8) is 0 Å². The Balaban J connectivity index is 2.80. The lowest BCUT2D eigenvalue weighted by molar-refractivity contribution is 0.0804. The third-order valence-corrected chi connectivity index (χ3v) is 3.65. The highest BCUT2D eigenvalue weighted by Crippen LogP contribution is 2.13. The van der Waals surface area contributed by atoms with E-state index in [9.17, 15) is 13.2 Å². The molecule has 20 heavy (non-hydrogen) atoms. The van der Waals surface area contributed by atoms with Crippen LogP contribution in [0, 0.1) is 0 Å². The van der Waals surface area contributed by atoms with E-state index in [4.69, 9.17) is 0 Å². The summed E-state index contributed by atoms with van der Waals surface area (Å²) in [5, 5.41) is 3.09. The van der Waals surface area contributed by atoms with Gasteiger partial charge in [0.2, 0.25) is 0 Å². The monoisotopic (exact) mass is 299 g/mol. The maximum absolute atomic E-state index is 12.3. The molecule has 6 nitrogen and oxygen atoms in total. The lowest BCUT2D eigenvalue weighted by Gasteiger charge is -2.18. The zero-order valence-corrected chi connectivity index (χ0v) is 12.9. The molecule has 0 spiro atoms. The SMILES string of the molecule is CCCNc1ncccc1C(=O)N(C)CCS(C)(=O)=O. The van der Waals surface area contributed by atoms with Gasteiger partial charge in [-0.3, -0.25) is 4.79 Å². The lowest BCUT2D eigenvalue weighted by Crippen LogP contribution is -2.32. The number of rotatable bonds is 7. The van der Waals surface area contributed by atoms with Gasteiger partial charge in [0.05, 0.1) is 11.3 Å². The highest BCUT2D eigenvalue weighted by Gasteiger charge is 2.17. The minimum atomic E-state index is -3.08. The normalized spacial score (nSPS) is 11.2. The fourth-order valence-electron chi connectivity index (χ4n) is 1.57. The Hall–Kier alpha value is -1.63. The van der Waals surface area contributed by atoms with Crippen molar-refractivity contribution in [2.24, 2.45) is 0 Å². The molecule has 0 saturated heterocycles. The first-order chi connectivity index (χ1) is 9.35. The molecule has 0 aromatic carbocycles. The largest absolute Gasteiger partial charge is 0.369 e. The molecule has 112 valence electrons. The van der Waals surface area contributed by atoms with Crippen LogP contribution in [0.1, 0.15) is 23.7 Å². The Kier molecular flexibility index (Phi) is 5.94. The number of hydrogen-bond donors (Lipinski definition) is 1. The van der Waals surface area contributed by atoms with Crippen LogP contribution in [0.15, 0.2) is 18.3 Å². The highest BCUT2D eigenvalue weighted by atomic mass is 32.2. The molecular formula is C13H21N3O3S. The second-order valence-corrected chi connectivity index (χ2v) is 6.94. The van der Waals surface area contributed by atoms with Crippen molar-refractivity contribution in [3.05, 3.63) is 23.9 Å². The third kappa shape index (κ3) is 5.16. The highest BCUT2D eigenvalue weighted by molar-refractivity contribution is 7.90. The van der Waals surface area contributed by atoms with Gasteiger partial charge in [0.1, 0.15) is 15.7 Å². The molecule has 0 unspecified atom stereocenters. The Labute approximate surface area is 120 Å². The average Bonchev–Trinajstić information content (AvgIpc) is 2.41. The predicted molar refractivity (Wildman–Crippen MR) is 79.7 cm³/mol. The standard InChI is InChI=1S/C13H21N3O3S/c1-4-7-14-12-11(6-5-8-15-12)13(17)16(2)9-10-20(3,18)19/h5-6,8H,4,7,9-10H2,1-3H3,(H,14,15). The second kappa shape index (κ2) is 7.23. The maximum atomic E-state index is 12.3. The van der Waals surface area contributed by atoms with Crippen molar-refractivity contribution >= 4 is 21.6 Å². The summed E-state index contributed by atoms with van der Waals surface area (Å²) in [5.41, 5.74) is 0.456. The molecule has 1 N–H and O–H groups in total. The molecule has 1 heterocycles. The molecule has 0 radical (unpaired) electrons. The molecule has 1 amide bonds. The van der Waals surface area contributed by atoms with Crippen LogP contribution < -0.4 is 5.32 Å². The summed E-state index contributed by atoms with van der Waals surface area (Å²) in [7, 11) is -1.50. The smallest absolute Gasteiger partial charge is 0.257 e. The van der Waals surface area contributed by atoms with E-state index in [1.807, 2.05) is 6.92 Å². The summed E-state index contributed by atoms with van der Waals surface area (Å²) >= 11 is 0. The molecule has 1 aromatic rings. The van der Waals surface area contributed by atoms with Gasteiger partial charge in [0.15, 0.2) is 0 Å². The summed E-state index contributed by atoms with van der Waals surface area (Å²) in [4.78, 5) is 17.8. The lowest BCUT2D eigenvalue weighted by atomic mass is 10.2. The van der Waals surface area contributed by atoms with Crippen LogP contribution in [0.3, 0.4) is 0 Å². The molecule has 0 bridgehead atoms. The summed E-state index contributed by atoms with van der Waals surface area (Å²) in [6, 6.07) is 3.37. The Bertz CT molecular complexity index is 558. The zero-order chi connectivity index (χ0) is 15.2. The van der Waals surface area contributed by atoms with Crippen LogP contribution in [0.2, 0.25) is 0 Å². The summed E-state index contributed by atoms with van der Waals surface area (Å²) < 4.78 is 22.3. The van der Waals surface area contributed by atoms with E-state index in [1.54, 1.807) is 25.4 Å². The zero-order valence-electron chi connectivity index (χ0n) is 12.1. The first kappa shape index (κ1) is 16.4. The molecule has 0 atom stereocenters. The number of sulfone groups is 1. The van der Waals surface area contributed by atoms with Gasteiger partial charge < -0.3 is 10.2 Å². The maximum Gasteiger partial charge on any atom is 0.257 e. The fraction of sp³-hybridized carbons (Fsp3) is 0.538. The number of carbonyl (C=O) groups is 1. The number of aromatic nitrogens is 1. The van der Waals surface area contributed by atoms with Crippen molar-refractivity contribution < 1.29 is 13.2 Å². The van der Waals surface area contributed by atoms with Crippen molar-refractivity contribution in [2.75, 3.05) is 37.5 Å². The number of pyridine rings is 1. The molecule has 0 saturated carbocycles. The third-order valence-electron chi connectivity index (χ3n) is 2.72. The Morgan fingerprint density at radius 3 is 2.75 bits per heavy atom. The number of nitrogens with one attached hydrogen (secondary N) is 1. The number of amides is 1. The number of nitrogens with zero attached hydrogens (tertiary/aromatic N) is 2. The molecule has 1 aromatic heterocycles. The van der Waals surface area contributed by atoms with Crippen molar-refractivity contribution in [1.82, 2.24) is 9.88 Å². The summed E-state index contributed by atoms with van der Waals surface area (Å²) in [6.45, 7) is 2.92. The first-order valence-electron chi connectivity index (χ1n) is 6.47. The topological polar surface area (TPSA) is 79.4 Å². The van der Waals surface area contributed by atoms with Gasteiger partial charge in [0, 0.05) is 32.6 Å². The minimum absolute atomic E-state index is 0.0484. The second-order valence-electron chi connectivity index (χ2n) is 4.68. The molecule has 1 rings (SSSR count). The van der Waals surface area contributed by atoms with E-state index < -0.39 is 9.84 Å². The van der Waals surface area contributed by atoms with Crippen LogP contribution in [0.5, 0.6) is 0 Å². The number of carbonyl (C=O) groups excluding carboxylic acids is 1. The van der Waals surface area contributed by atoms with Crippen LogP contribution >= 0.6 is 0 Å². The number of hydrogen-bond acceptors (Lipinski definition) is 5. The van der Waals surface area contributed by atoms with Gasteiger partial charge in [-0.05, 0) is 18.6 Å². The molecule has 7 heteroatoms. The van der Waals surface area contributed by atoms with E-state index in [0.29, 0.717) is 11.4 Å². The van der Waals surface area contributed by atoms with Gasteiger partial charge in [-0.2, -0.15) is 0 Å². The molecule has 0 aliphatic rings. The van der Waals surface area contributed by atoms with Crippen molar-refractivity contribution in [1.29, 1.82) is 0 Å². The summed E-state index contributed by atoms with van der Waals surface area (Å²) in [5.74, 6) is 0.249. The molecule has 0 fully saturated rings. The van der Waals surface area contributed by atoms with Gasteiger partial charge in [-0.15, -0.1) is 0 Å². The van der Waals surface area contributed by atoms with Crippen molar-refractivity contribution in [2.45, 2.75) is 13.3 Å². The molecule has 0 aliphatic heterocycles. The first-order valence-corrected chi connectivity index (χ1v) is 8.53. The van der Waals surface area contributed by atoms with E-state index in [1.165, 1.54) is 4.90 Å².